The summed E-state index contributed by atoms with van der Waals surface area (Å²) < 4.78 is 68.6. The molecule has 0 radical (unpaired) electrons. The van der Waals surface area contributed by atoms with E-state index < -0.39 is 97.5 Å². The third-order valence-electron chi connectivity index (χ3n) is 18.2. The first-order valence-electron chi connectivity index (χ1n) is 40.5. The number of ether oxygens (including phenoxy) is 4. The fourth-order valence-corrected chi connectivity index (χ4v) is 13.6. The molecule has 0 amide bonds. The molecule has 97 heavy (non-hydrogen) atoms. The van der Waals surface area contributed by atoms with Gasteiger partial charge in [0, 0.05) is 25.7 Å². The summed E-state index contributed by atoms with van der Waals surface area (Å²) in [6.07, 6.45) is 58.2. The molecule has 0 saturated carbocycles. The fourth-order valence-electron chi connectivity index (χ4n) is 12.0. The molecule has 0 aromatic carbocycles. The number of aliphatic hydroxyl groups excluding tert-OH is 1. The highest BCUT2D eigenvalue weighted by atomic mass is 31.2. The van der Waals surface area contributed by atoms with Crippen LogP contribution in [0, 0.1) is 11.8 Å². The van der Waals surface area contributed by atoms with Crippen LogP contribution in [0.5, 0.6) is 0 Å². The van der Waals surface area contributed by atoms with Crippen LogP contribution in [0.25, 0.3) is 0 Å². The van der Waals surface area contributed by atoms with E-state index in [0.29, 0.717) is 25.7 Å². The second-order valence-corrected chi connectivity index (χ2v) is 32.0. The maximum Gasteiger partial charge on any atom is 0.472 e. The van der Waals surface area contributed by atoms with Crippen molar-refractivity contribution in [2.24, 2.45) is 11.8 Å². The average Bonchev–Trinajstić information content (AvgIpc) is 2.22. The lowest BCUT2D eigenvalue weighted by atomic mass is 10.0. The average molecular weight is 1420 g/mol. The Morgan fingerprint density at radius 2 is 0.474 bits per heavy atom. The van der Waals surface area contributed by atoms with Crippen molar-refractivity contribution in [2.75, 3.05) is 39.6 Å². The minimum absolute atomic E-state index is 0.108. The standard InChI is InChI=1S/C78H152O17P2/c1-7-9-11-13-15-17-18-19-25-32-38-44-50-56-62-77(82)94-73(66-88-75(80)60-54-48-42-34-16-14-12-10-8-2)68-92-96(84,85)90-64-72(79)65-91-97(86,87)93-69-74(67-89-76(81)61-55-49-43-37-31-28-27-30-36-41-47-53-59-71(5)6)95-78(83)63-57-51-45-39-33-26-23-21-20-22-24-29-35-40-46-52-58-70(3)4/h70-74,79H,7-69H2,1-6H3,(H,84,85)(H,86,87)/t72-,73+,74+/m0/s1. The SMILES string of the molecule is CCCCCCCCCCCCCCCCC(=O)O[C@H](COC(=O)CCCCCCCCCCC)COP(=O)(O)OC[C@H](O)COP(=O)(O)OC[C@@H](COC(=O)CCCCCCCCCCCCCCC(C)C)OC(=O)CCCCCCCCCCCCCCCCCCC(C)C. The predicted molar refractivity (Wildman–Crippen MR) is 395 cm³/mol. The Morgan fingerprint density at radius 3 is 0.701 bits per heavy atom. The van der Waals surface area contributed by atoms with E-state index in [1.54, 1.807) is 0 Å². The monoisotopic (exact) mass is 1420 g/mol. The predicted octanol–water partition coefficient (Wildman–Crippen LogP) is 23.1. The van der Waals surface area contributed by atoms with Gasteiger partial charge in [0.25, 0.3) is 0 Å². The lowest BCUT2D eigenvalue weighted by molar-refractivity contribution is -0.161. The Hall–Kier alpha value is -1.94. The van der Waals surface area contributed by atoms with Crippen LogP contribution in [0.3, 0.4) is 0 Å². The van der Waals surface area contributed by atoms with Crippen LogP contribution in [0.1, 0.15) is 408 Å². The van der Waals surface area contributed by atoms with Crippen molar-refractivity contribution in [3.05, 3.63) is 0 Å². The summed E-state index contributed by atoms with van der Waals surface area (Å²) in [4.78, 5) is 72.9. The van der Waals surface area contributed by atoms with E-state index in [4.69, 9.17) is 37.0 Å². The summed E-state index contributed by atoms with van der Waals surface area (Å²) in [5, 5.41) is 10.6. The van der Waals surface area contributed by atoms with Crippen molar-refractivity contribution < 1.29 is 80.2 Å². The van der Waals surface area contributed by atoms with Gasteiger partial charge in [-0.25, -0.2) is 9.13 Å². The van der Waals surface area contributed by atoms with Crippen LogP contribution in [-0.4, -0.2) is 96.7 Å². The molecule has 0 aromatic heterocycles. The maximum atomic E-state index is 13.1. The number of aliphatic hydroxyl groups is 1. The van der Waals surface area contributed by atoms with Gasteiger partial charge in [-0.3, -0.25) is 37.3 Å². The number of phosphoric acid groups is 2. The van der Waals surface area contributed by atoms with Gasteiger partial charge >= 0.3 is 39.5 Å². The van der Waals surface area contributed by atoms with E-state index in [9.17, 15) is 43.2 Å². The topological polar surface area (TPSA) is 237 Å². The Balaban J connectivity index is 5.22. The molecule has 0 spiro atoms. The van der Waals surface area contributed by atoms with Gasteiger partial charge in [0.15, 0.2) is 12.2 Å². The fraction of sp³-hybridized carbons (Fsp3) is 0.949. The molecule has 3 N–H and O–H groups in total. The molecule has 0 heterocycles. The molecule has 0 rings (SSSR count). The number of esters is 4. The molecule has 0 fully saturated rings. The highest BCUT2D eigenvalue weighted by Gasteiger charge is 2.30. The molecular weight excluding hydrogens is 1270 g/mol. The second-order valence-electron chi connectivity index (χ2n) is 29.1. The molecule has 17 nitrogen and oxygen atoms in total. The molecule has 0 aliphatic rings. The summed E-state index contributed by atoms with van der Waals surface area (Å²) in [7, 11) is -9.91. The van der Waals surface area contributed by atoms with E-state index in [-0.39, 0.29) is 25.7 Å². The van der Waals surface area contributed by atoms with Crippen molar-refractivity contribution in [2.45, 2.75) is 426 Å². The molecule has 0 saturated heterocycles. The molecule has 0 aromatic rings. The van der Waals surface area contributed by atoms with Crippen molar-refractivity contribution in [1.82, 2.24) is 0 Å². The molecule has 5 atom stereocenters. The van der Waals surface area contributed by atoms with E-state index >= 15 is 0 Å². The first-order chi connectivity index (χ1) is 46.9. The number of unbranched alkanes of at least 4 members (excludes halogenated alkanes) is 47. The highest BCUT2D eigenvalue weighted by molar-refractivity contribution is 7.47. The minimum Gasteiger partial charge on any atom is -0.462 e. The zero-order valence-electron chi connectivity index (χ0n) is 63.4. The lowest BCUT2D eigenvalue weighted by Crippen LogP contribution is -2.30. The van der Waals surface area contributed by atoms with Gasteiger partial charge in [-0.15, -0.1) is 0 Å². The summed E-state index contributed by atoms with van der Waals surface area (Å²) in [6, 6.07) is 0. The Labute approximate surface area is 594 Å². The summed E-state index contributed by atoms with van der Waals surface area (Å²) in [6.45, 7) is 9.65. The van der Waals surface area contributed by atoms with Crippen LogP contribution in [-0.2, 0) is 65.4 Å². The lowest BCUT2D eigenvalue weighted by Gasteiger charge is -2.21. The first-order valence-corrected chi connectivity index (χ1v) is 43.5. The Kier molecular flexibility index (Phi) is 68.4. The first kappa shape index (κ1) is 95.1. The van der Waals surface area contributed by atoms with Crippen LogP contribution < -0.4 is 0 Å². The number of carbonyl (C=O) groups excluding carboxylic acids is 4. The zero-order valence-corrected chi connectivity index (χ0v) is 65.2. The van der Waals surface area contributed by atoms with E-state index in [0.717, 1.165) is 102 Å². The van der Waals surface area contributed by atoms with Gasteiger partial charge in [0.05, 0.1) is 26.4 Å². The minimum atomic E-state index is -4.96. The van der Waals surface area contributed by atoms with E-state index in [1.807, 2.05) is 0 Å². The smallest absolute Gasteiger partial charge is 0.462 e. The largest absolute Gasteiger partial charge is 0.472 e. The van der Waals surface area contributed by atoms with Gasteiger partial charge in [-0.1, -0.05) is 356 Å². The number of hydrogen-bond acceptors (Lipinski definition) is 15. The third-order valence-corrected chi connectivity index (χ3v) is 20.1. The summed E-state index contributed by atoms with van der Waals surface area (Å²) in [5.74, 6) is -0.521. The second kappa shape index (κ2) is 69.8. The molecule has 0 aliphatic carbocycles. The highest BCUT2D eigenvalue weighted by Crippen LogP contribution is 2.45. The molecule has 576 valence electrons. The number of carbonyl (C=O) groups is 4. The van der Waals surface area contributed by atoms with Crippen molar-refractivity contribution in [3.8, 4) is 0 Å². The molecular formula is C78H152O17P2. The van der Waals surface area contributed by atoms with Crippen molar-refractivity contribution in [3.63, 3.8) is 0 Å². The maximum absolute atomic E-state index is 13.1. The van der Waals surface area contributed by atoms with Gasteiger partial charge < -0.3 is 33.8 Å². The Bertz CT molecular complexity index is 1870. The van der Waals surface area contributed by atoms with Gasteiger partial charge in [0.2, 0.25) is 0 Å². The Morgan fingerprint density at radius 1 is 0.278 bits per heavy atom. The number of hydrogen-bond donors (Lipinski definition) is 3. The van der Waals surface area contributed by atoms with E-state index in [1.165, 1.54) is 225 Å². The molecule has 0 bridgehead atoms. The van der Waals surface area contributed by atoms with Crippen LogP contribution in [0.4, 0.5) is 0 Å². The molecule has 2 unspecified atom stereocenters. The van der Waals surface area contributed by atoms with Crippen molar-refractivity contribution in [1.29, 1.82) is 0 Å². The molecule has 19 heteroatoms. The van der Waals surface area contributed by atoms with Gasteiger partial charge in [-0.2, -0.15) is 0 Å². The quantitative estimate of drug-likeness (QED) is 0.0222. The van der Waals surface area contributed by atoms with E-state index in [2.05, 4.69) is 41.5 Å². The van der Waals surface area contributed by atoms with Crippen LogP contribution >= 0.6 is 15.6 Å². The molecule has 0 aliphatic heterocycles. The summed E-state index contributed by atoms with van der Waals surface area (Å²) in [5.41, 5.74) is 0. The zero-order chi connectivity index (χ0) is 71.4. The third kappa shape index (κ3) is 72.2. The number of rotatable bonds is 77. The van der Waals surface area contributed by atoms with Gasteiger partial charge in [0.1, 0.15) is 19.3 Å². The van der Waals surface area contributed by atoms with Crippen LogP contribution in [0.2, 0.25) is 0 Å². The van der Waals surface area contributed by atoms with Crippen molar-refractivity contribution >= 4 is 39.5 Å². The normalized spacial score (nSPS) is 14.0. The summed E-state index contributed by atoms with van der Waals surface area (Å²) >= 11 is 0. The number of phosphoric ester groups is 2. The van der Waals surface area contributed by atoms with Crippen LogP contribution in [0.15, 0.2) is 0 Å². The van der Waals surface area contributed by atoms with Gasteiger partial charge in [-0.05, 0) is 37.5 Å².